The molecule has 0 atom stereocenters. The minimum atomic E-state index is -0.0682. The van der Waals surface area contributed by atoms with Gasteiger partial charge in [0, 0.05) is 23.0 Å². The van der Waals surface area contributed by atoms with E-state index in [-0.39, 0.29) is 24.5 Å². The molecule has 0 aromatic heterocycles. The summed E-state index contributed by atoms with van der Waals surface area (Å²) in [5.74, 6) is 0.309. The van der Waals surface area contributed by atoms with Gasteiger partial charge in [-0.25, -0.2) is 0 Å². The maximum Gasteiger partial charge on any atom is 0.254 e. The predicted molar refractivity (Wildman–Crippen MR) is 81.6 cm³/mol. The first-order valence-corrected chi connectivity index (χ1v) is 8.16. The number of hydrogen-bond acceptors (Lipinski definition) is 4. The highest BCUT2D eigenvalue weighted by Gasteiger charge is 2.29. The fourth-order valence-corrected chi connectivity index (χ4v) is 3.43. The molecule has 3 rings (SSSR count). The highest BCUT2D eigenvalue weighted by molar-refractivity contribution is 8.00. The number of amides is 2. The molecular weight excluding hydrogens is 288 g/mol. The van der Waals surface area contributed by atoms with Crippen LogP contribution in [0.2, 0.25) is 0 Å². The Morgan fingerprint density at radius 1 is 1.43 bits per heavy atom. The van der Waals surface area contributed by atoms with Crippen LogP contribution in [0.1, 0.15) is 29.6 Å². The summed E-state index contributed by atoms with van der Waals surface area (Å²) in [6.45, 7) is 0.335. The summed E-state index contributed by atoms with van der Waals surface area (Å²) in [5.41, 5.74) is 1.27. The second kappa shape index (κ2) is 6.07. The maximum absolute atomic E-state index is 12.6. The molecule has 2 aliphatic rings. The fraction of sp³-hybridized carbons (Fsp3) is 0.467. The average molecular weight is 306 g/mol. The van der Waals surface area contributed by atoms with Crippen molar-refractivity contribution < 1.29 is 14.7 Å². The van der Waals surface area contributed by atoms with Crippen LogP contribution in [0.3, 0.4) is 0 Å². The van der Waals surface area contributed by atoms with E-state index in [0.29, 0.717) is 23.5 Å². The van der Waals surface area contributed by atoms with Gasteiger partial charge in [0.1, 0.15) is 0 Å². The lowest BCUT2D eigenvalue weighted by molar-refractivity contribution is -0.113. The zero-order valence-electron chi connectivity index (χ0n) is 11.7. The second-order valence-electron chi connectivity index (χ2n) is 5.35. The van der Waals surface area contributed by atoms with Crippen LogP contribution >= 0.6 is 11.8 Å². The smallest absolute Gasteiger partial charge is 0.254 e. The fourth-order valence-electron chi connectivity index (χ4n) is 2.64. The Balaban J connectivity index is 1.83. The first kappa shape index (κ1) is 14.4. The molecular formula is C15H18N2O3S. The number of hydrogen-bond donors (Lipinski definition) is 2. The van der Waals surface area contributed by atoms with Gasteiger partial charge in [-0.15, -0.1) is 11.8 Å². The molecule has 1 saturated carbocycles. The van der Waals surface area contributed by atoms with Crippen LogP contribution in [0.15, 0.2) is 23.1 Å². The Labute approximate surface area is 127 Å². The van der Waals surface area contributed by atoms with Gasteiger partial charge in [-0.1, -0.05) is 0 Å². The summed E-state index contributed by atoms with van der Waals surface area (Å²) in [6.07, 6.45) is 3.14. The van der Waals surface area contributed by atoms with Crippen LogP contribution in [-0.4, -0.2) is 46.8 Å². The highest BCUT2D eigenvalue weighted by atomic mass is 32.2. The third kappa shape index (κ3) is 2.91. The van der Waals surface area contributed by atoms with Crippen molar-refractivity contribution >= 4 is 29.3 Å². The quantitative estimate of drug-likeness (QED) is 0.888. The first-order chi connectivity index (χ1) is 10.2. The largest absolute Gasteiger partial charge is 0.395 e. The van der Waals surface area contributed by atoms with Crippen LogP contribution in [-0.2, 0) is 4.79 Å². The Morgan fingerprint density at radius 2 is 2.24 bits per heavy atom. The van der Waals surface area contributed by atoms with Crippen molar-refractivity contribution in [2.45, 2.75) is 30.2 Å². The lowest BCUT2D eigenvalue weighted by Crippen LogP contribution is -2.45. The minimum Gasteiger partial charge on any atom is -0.395 e. The summed E-state index contributed by atoms with van der Waals surface area (Å²) in [5, 5.41) is 12.0. The van der Waals surface area contributed by atoms with E-state index in [9.17, 15) is 14.7 Å². The molecule has 1 aromatic rings. The molecule has 112 valence electrons. The van der Waals surface area contributed by atoms with Gasteiger partial charge in [-0.2, -0.15) is 0 Å². The topological polar surface area (TPSA) is 69.6 Å². The van der Waals surface area contributed by atoms with Crippen molar-refractivity contribution in [1.82, 2.24) is 4.90 Å². The van der Waals surface area contributed by atoms with Crippen molar-refractivity contribution in [2.24, 2.45) is 0 Å². The number of fused-ring (bicyclic) bond motifs is 1. The standard InChI is InChI=1S/C15H18N2O3S/c18-7-6-17(11-2-1-3-11)15(20)10-4-5-13-12(8-10)16-14(19)9-21-13/h4-5,8,11,18H,1-3,6-7,9H2,(H,16,19). The number of aliphatic hydroxyl groups is 1. The molecule has 2 N–H and O–H groups in total. The molecule has 2 amide bonds. The average Bonchev–Trinajstić information content (AvgIpc) is 2.43. The number of rotatable bonds is 4. The molecule has 0 radical (unpaired) electrons. The minimum absolute atomic E-state index is 0.0280. The summed E-state index contributed by atoms with van der Waals surface area (Å²) in [4.78, 5) is 26.8. The normalized spacial score (nSPS) is 17.7. The van der Waals surface area contributed by atoms with E-state index in [1.165, 1.54) is 11.8 Å². The van der Waals surface area contributed by atoms with E-state index in [1.54, 1.807) is 17.0 Å². The number of nitrogens with zero attached hydrogens (tertiary/aromatic N) is 1. The summed E-state index contributed by atoms with van der Waals surface area (Å²) < 4.78 is 0. The van der Waals surface area contributed by atoms with Crippen molar-refractivity contribution in [2.75, 3.05) is 24.2 Å². The molecule has 1 aromatic carbocycles. The predicted octanol–water partition coefficient (Wildman–Crippen LogP) is 1.72. The van der Waals surface area contributed by atoms with E-state index in [2.05, 4.69) is 5.32 Å². The van der Waals surface area contributed by atoms with Crippen LogP contribution in [0, 0.1) is 0 Å². The summed E-state index contributed by atoms with van der Waals surface area (Å²) >= 11 is 1.48. The Morgan fingerprint density at radius 3 is 2.90 bits per heavy atom. The Hall–Kier alpha value is -1.53. The molecule has 5 nitrogen and oxygen atoms in total. The van der Waals surface area contributed by atoms with E-state index in [0.717, 1.165) is 24.2 Å². The lowest BCUT2D eigenvalue weighted by atomic mass is 9.91. The zero-order chi connectivity index (χ0) is 14.8. The maximum atomic E-state index is 12.6. The molecule has 0 spiro atoms. The molecule has 1 fully saturated rings. The van der Waals surface area contributed by atoms with Crippen molar-refractivity contribution in [3.8, 4) is 0 Å². The summed E-state index contributed by atoms with van der Waals surface area (Å²) in [6, 6.07) is 5.66. The van der Waals surface area contributed by atoms with E-state index >= 15 is 0 Å². The molecule has 0 bridgehead atoms. The van der Waals surface area contributed by atoms with E-state index in [4.69, 9.17) is 0 Å². The van der Waals surface area contributed by atoms with E-state index in [1.807, 2.05) is 6.07 Å². The van der Waals surface area contributed by atoms with Gasteiger partial charge in [0.25, 0.3) is 5.91 Å². The van der Waals surface area contributed by atoms with Crippen LogP contribution in [0.4, 0.5) is 5.69 Å². The number of thioether (sulfide) groups is 1. The molecule has 21 heavy (non-hydrogen) atoms. The van der Waals surface area contributed by atoms with Crippen molar-refractivity contribution in [3.63, 3.8) is 0 Å². The SMILES string of the molecule is O=C1CSc2ccc(C(=O)N(CCO)C3CCC3)cc2N1. The first-order valence-electron chi connectivity index (χ1n) is 7.17. The van der Waals surface area contributed by atoms with Gasteiger partial charge in [0.15, 0.2) is 0 Å². The monoisotopic (exact) mass is 306 g/mol. The van der Waals surface area contributed by atoms with Gasteiger partial charge in [0.05, 0.1) is 18.0 Å². The van der Waals surface area contributed by atoms with Crippen LogP contribution in [0.25, 0.3) is 0 Å². The van der Waals surface area contributed by atoms with Crippen LogP contribution < -0.4 is 5.32 Å². The van der Waals surface area contributed by atoms with Gasteiger partial charge in [-0.3, -0.25) is 9.59 Å². The lowest BCUT2D eigenvalue weighted by Gasteiger charge is -2.37. The number of carbonyl (C=O) groups excluding carboxylic acids is 2. The second-order valence-corrected chi connectivity index (χ2v) is 6.37. The van der Waals surface area contributed by atoms with Gasteiger partial charge >= 0.3 is 0 Å². The zero-order valence-corrected chi connectivity index (χ0v) is 12.5. The molecule has 6 heteroatoms. The molecule has 0 saturated heterocycles. The van der Waals surface area contributed by atoms with Gasteiger partial charge in [0.2, 0.25) is 5.91 Å². The number of carbonyl (C=O) groups is 2. The highest BCUT2D eigenvalue weighted by Crippen LogP contribution is 2.33. The molecule has 1 heterocycles. The van der Waals surface area contributed by atoms with Crippen LogP contribution in [0.5, 0.6) is 0 Å². The Kier molecular flexibility index (Phi) is 4.17. The summed E-state index contributed by atoms with van der Waals surface area (Å²) in [7, 11) is 0. The van der Waals surface area contributed by atoms with Gasteiger partial charge in [-0.05, 0) is 37.5 Å². The third-order valence-electron chi connectivity index (χ3n) is 3.98. The third-order valence-corrected chi connectivity index (χ3v) is 5.05. The Bertz CT molecular complexity index is 572. The van der Waals surface area contributed by atoms with Crippen molar-refractivity contribution in [3.05, 3.63) is 23.8 Å². The number of aliphatic hydroxyl groups excluding tert-OH is 1. The molecule has 1 aliphatic carbocycles. The number of benzene rings is 1. The van der Waals surface area contributed by atoms with E-state index < -0.39 is 0 Å². The molecule has 1 aliphatic heterocycles. The number of nitrogens with one attached hydrogen (secondary N) is 1. The molecule has 0 unspecified atom stereocenters. The van der Waals surface area contributed by atoms with Crippen molar-refractivity contribution in [1.29, 1.82) is 0 Å². The van der Waals surface area contributed by atoms with Gasteiger partial charge < -0.3 is 15.3 Å². The number of anilines is 1.